The van der Waals surface area contributed by atoms with E-state index in [9.17, 15) is 0 Å². The highest BCUT2D eigenvalue weighted by Gasteiger charge is 1.81. The quantitative estimate of drug-likeness (QED) is 0.480. The van der Waals surface area contributed by atoms with Crippen LogP contribution >= 0.6 is 0 Å². The van der Waals surface area contributed by atoms with Crippen LogP contribution in [-0.2, 0) is 0 Å². The number of anilines is 1. The van der Waals surface area contributed by atoms with Crippen LogP contribution in [0.15, 0.2) is 29.3 Å². The van der Waals surface area contributed by atoms with Gasteiger partial charge >= 0.3 is 0 Å². The van der Waals surface area contributed by atoms with Gasteiger partial charge in [0.05, 0.1) is 6.34 Å². The summed E-state index contributed by atoms with van der Waals surface area (Å²) in [7, 11) is 1.72. The molecule has 0 aliphatic carbocycles. The van der Waals surface area contributed by atoms with Gasteiger partial charge < -0.3 is 5.32 Å². The SMILES string of the molecule is CN=CNc1cc[c]cc1. The van der Waals surface area contributed by atoms with Crippen molar-refractivity contribution >= 4 is 12.0 Å². The second-order valence-electron chi connectivity index (χ2n) is 1.82. The molecule has 0 bridgehead atoms. The first kappa shape index (κ1) is 6.81. The third kappa shape index (κ3) is 1.90. The Morgan fingerprint density at radius 1 is 1.50 bits per heavy atom. The average Bonchev–Trinajstić information content (AvgIpc) is 2.03. The number of rotatable bonds is 2. The second-order valence-corrected chi connectivity index (χ2v) is 1.82. The Kier molecular flexibility index (Phi) is 2.49. The van der Waals surface area contributed by atoms with Gasteiger partial charge in [-0.2, -0.15) is 0 Å². The molecule has 0 spiro atoms. The van der Waals surface area contributed by atoms with Gasteiger partial charge in [-0.05, 0) is 18.2 Å². The molecular weight excluding hydrogens is 124 g/mol. The third-order valence-electron chi connectivity index (χ3n) is 1.08. The molecule has 0 atom stereocenters. The van der Waals surface area contributed by atoms with Gasteiger partial charge in [-0.1, -0.05) is 12.1 Å². The van der Waals surface area contributed by atoms with E-state index >= 15 is 0 Å². The summed E-state index contributed by atoms with van der Waals surface area (Å²) in [6, 6.07) is 10.5. The van der Waals surface area contributed by atoms with Gasteiger partial charge in [0.2, 0.25) is 0 Å². The molecule has 1 N–H and O–H groups in total. The van der Waals surface area contributed by atoms with E-state index in [2.05, 4.69) is 16.4 Å². The summed E-state index contributed by atoms with van der Waals surface area (Å²) in [4.78, 5) is 3.78. The molecular formula is C8H9N2. The molecule has 0 amide bonds. The first-order chi connectivity index (χ1) is 4.93. The molecule has 10 heavy (non-hydrogen) atoms. The lowest BCUT2D eigenvalue weighted by atomic mass is 10.3. The number of hydrogen-bond donors (Lipinski definition) is 1. The minimum Gasteiger partial charge on any atom is -0.347 e. The van der Waals surface area contributed by atoms with E-state index in [1.54, 1.807) is 13.4 Å². The topological polar surface area (TPSA) is 24.4 Å². The minimum absolute atomic E-state index is 1.03. The maximum absolute atomic E-state index is 3.78. The molecule has 1 aromatic carbocycles. The van der Waals surface area contributed by atoms with Gasteiger partial charge in [0.1, 0.15) is 0 Å². The third-order valence-corrected chi connectivity index (χ3v) is 1.08. The maximum Gasteiger partial charge on any atom is 0.0864 e. The molecule has 0 saturated heterocycles. The number of aliphatic imine (C=N–C) groups is 1. The van der Waals surface area contributed by atoms with E-state index in [4.69, 9.17) is 0 Å². The lowest BCUT2D eigenvalue weighted by molar-refractivity contribution is 1.46. The predicted molar refractivity (Wildman–Crippen MR) is 43.3 cm³/mol. The van der Waals surface area contributed by atoms with E-state index in [1.807, 2.05) is 24.3 Å². The summed E-state index contributed by atoms with van der Waals surface area (Å²) in [6.07, 6.45) is 1.65. The normalized spacial score (nSPS) is 10.1. The highest BCUT2D eigenvalue weighted by Crippen LogP contribution is 2.01. The average molecular weight is 133 g/mol. The fraction of sp³-hybridized carbons (Fsp3) is 0.125. The summed E-state index contributed by atoms with van der Waals surface area (Å²) in [5, 5.41) is 2.98. The van der Waals surface area contributed by atoms with Crippen LogP contribution in [0.1, 0.15) is 0 Å². The smallest absolute Gasteiger partial charge is 0.0864 e. The van der Waals surface area contributed by atoms with Crippen molar-refractivity contribution in [2.45, 2.75) is 0 Å². The molecule has 0 aliphatic rings. The van der Waals surface area contributed by atoms with Gasteiger partial charge in [-0.15, -0.1) is 0 Å². The van der Waals surface area contributed by atoms with Crippen LogP contribution in [0.2, 0.25) is 0 Å². The van der Waals surface area contributed by atoms with Gasteiger partial charge in [0.25, 0.3) is 0 Å². The number of benzene rings is 1. The molecule has 0 aromatic heterocycles. The van der Waals surface area contributed by atoms with E-state index in [0.717, 1.165) is 5.69 Å². The van der Waals surface area contributed by atoms with Crippen molar-refractivity contribution < 1.29 is 0 Å². The Balaban J connectivity index is 2.59. The molecule has 0 saturated carbocycles. The van der Waals surface area contributed by atoms with E-state index in [0.29, 0.717) is 0 Å². The van der Waals surface area contributed by atoms with Gasteiger partial charge in [-0.25, -0.2) is 0 Å². The lowest BCUT2D eigenvalue weighted by Gasteiger charge is -1.95. The summed E-state index contributed by atoms with van der Waals surface area (Å²) >= 11 is 0. The van der Waals surface area contributed by atoms with E-state index in [1.165, 1.54) is 0 Å². The molecule has 0 heterocycles. The van der Waals surface area contributed by atoms with Crippen molar-refractivity contribution in [3.63, 3.8) is 0 Å². The van der Waals surface area contributed by atoms with Gasteiger partial charge in [0, 0.05) is 12.7 Å². The van der Waals surface area contributed by atoms with Crippen molar-refractivity contribution in [2.24, 2.45) is 4.99 Å². The number of hydrogen-bond acceptors (Lipinski definition) is 1. The molecule has 0 fully saturated rings. The van der Waals surface area contributed by atoms with E-state index in [-0.39, 0.29) is 0 Å². The van der Waals surface area contributed by atoms with Crippen molar-refractivity contribution in [3.05, 3.63) is 30.3 Å². The van der Waals surface area contributed by atoms with Crippen molar-refractivity contribution in [1.82, 2.24) is 0 Å². The Hall–Kier alpha value is -1.31. The molecule has 0 unspecified atom stereocenters. The summed E-state index contributed by atoms with van der Waals surface area (Å²) in [5.41, 5.74) is 1.03. The molecule has 1 rings (SSSR count). The van der Waals surface area contributed by atoms with Crippen LogP contribution in [0.3, 0.4) is 0 Å². The second kappa shape index (κ2) is 3.67. The monoisotopic (exact) mass is 133 g/mol. The highest BCUT2D eigenvalue weighted by atomic mass is 14.9. The zero-order valence-electron chi connectivity index (χ0n) is 5.83. The van der Waals surface area contributed by atoms with Crippen LogP contribution in [0.5, 0.6) is 0 Å². The first-order valence-electron chi connectivity index (χ1n) is 3.07. The van der Waals surface area contributed by atoms with Crippen molar-refractivity contribution in [2.75, 3.05) is 12.4 Å². The molecule has 2 nitrogen and oxygen atoms in total. The molecule has 1 radical (unpaired) electrons. The Morgan fingerprint density at radius 3 is 2.80 bits per heavy atom. The Labute approximate surface area is 60.6 Å². The van der Waals surface area contributed by atoms with Gasteiger partial charge in [0.15, 0.2) is 0 Å². The van der Waals surface area contributed by atoms with Crippen molar-refractivity contribution in [1.29, 1.82) is 0 Å². The fourth-order valence-corrected chi connectivity index (χ4v) is 0.622. The summed E-state index contributed by atoms with van der Waals surface area (Å²) in [5.74, 6) is 0. The predicted octanol–water partition coefficient (Wildman–Crippen LogP) is 1.56. The standard InChI is InChI=1S/C8H9N2/c1-9-7-10-8-5-3-2-4-6-8/h3-7H,1H3,(H,9,10). The molecule has 2 heteroatoms. The summed E-state index contributed by atoms with van der Waals surface area (Å²) in [6.45, 7) is 0. The number of nitrogens with one attached hydrogen (secondary N) is 1. The van der Waals surface area contributed by atoms with Crippen LogP contribution in [0, 0.1) is 6.07 Å². The van der Waals surface area contributed by atoms with Crippen LogP contribution in [0.25, 0.3) is 0 Å². The van der Waals surface area contributed by atoms with Crippen LogP contribution < -0.4 is 5.32 Å². The zero-order valence-corrected chi connectivity index (χ0v) is 5.83. The minimum atomic E-state index is 1.03. The number of nitrogens with zero attached hydrogens (tertiary/aromatic N) is 1. The summed E-state index contributed by atoms with van der Waals surface area (Å²) < 4.78 is 0. The van der Waals surface area contributed by atoms with E-state index < -0.39 is 0 Å². The van der Waals surface area contributed by atoms with Crippen LogP contribution in [-0.4, -0.2) is 13.4 Å². The Morgan fingerprint density at radius 2 is 2.20 bits per heavy atom. The largest absolute Gasteiger partial charge is 0.347 e. The zero-order chi connectivity index (χ0) is 7.23. The molecule has 1 aromatic rings. The fourth-order valence-electron chi connectivity index (χ4n) is 0.622. The molecule has 51 valence electrons. The van der Waals surface area contributed by atoms with Crippen molar-refractivity contribution in [3.8, 4) is 0 Å². The van der Waals surface area contributed by atoms with Gasteiger partial charge in [-0.3, -0.25) is 4.99 Å². The molecule has 0 aliphatic heterocycles. The highest BCUT2D eigenvalue weighted by molar-refractivity contribution is 5.75. The lowest BCUT2D eigenvalue weighted by Crippen LogP contribution is -1.92. The van der Waals surface area contributed by atoms with Crippen LogP contribution in [0.4, 0.5) is 5.69 Å². The first-order valence-corrected chi connectivity index (χ1v) is 3.07. The maximum atomic E-state index is 3.78. The Bertz CT molecular complexity index is 204.